The monoisotopic (exact) mass is 336 g/mol. The van der Waals surface area contributed by atoms with Gasteiger partial charge in [0.2, 0.25) is 0 Å². The van der Waals surface area contributed by atoms with Crippen LogP contribution in [-0.4, -0.2) is 5.78 Å². The lowest BCUT2D eigenvalue weighted by Gasteiger charge is -2.05. The summed E-state index contributed by atoms with van der Waals surface area (Å²) in [7, 11) is 0. The lowest BCUT2D eigenvalue weighted by molar-refractivity contribution is 0.103. The minimum Gasteiger partial charge on any atom is -0.289 e. The van der Waals surface area contributed by atoms with Crippen molar-refractivity contribution < 1.29 is 4.79 Å². The van der Waals surface area contributed by atoms with Gasteiger partial charge in [-0.1, -0.05) is 64.5 Å². The zero-order chi connectivity index (χ0) is 14.7. The molecule has 21 heavy (non-hydrogen) atoms. The average Bonchev–Trinajstić information content (AvgIpc) is 2.56. The van der Waals surface area contributed by atoms with Crippen molar-refractivity contribution in [2.24, 2.45) is 0 Å². The molecule has 3 rings (SSSR count). The number of hydrogen-bond donors (Lipinski definition) is 0. The van der Waals surface area contributed by atoms with Crippen molar-refractivity contribution >= 4 is 21.7 Å². The second kappa shape index (κ2) is 6.06. The Morgan fingerprint density at radius 2 is 1.33 bits per heavy atom. The standard InChI is InChI=1S/C19H13BrO/c20-18-11-9-15(10-12-18)19(21)17-8-4-7-16(13-17)14-5-2-1-3-6-14/h1-13H. The van der Waals surface area contributed by atoms with E-state index in [0.29, 0.717) is 11.1 Å². The van der Waals surface area contributed by atoms with Crippen molar-refractivity contribution in [3.63, 3.8) is 0 Å². The normalized spacial score (nSPS) is 10.3. The largest absolute Gasteiger partial charge is 0.289 e. The highest BCUT2D eigenvalue weighted by Crippen LogP contribution is 2.22. The number of hydrogen-bond acceptors (Lipinski definition) is 1. The van der Waals surface area contributed by atoms with Crippen LogP contribution in [0.2, 0.25) is 0 Å². The molecule has 0 saturated carbocycles. The van der Waals surface area contributed by atoms with Gasteiger partial charge in [0.05, 0.1) is 0 Å². The predicted octanol–water partition coefficient (Wildman–Crippen LogP) is 5.35. The van der Waals surface area contributed by atoms with Crippen LogP contribution in [0.4, 0.5) is 0 Å². The highest BCUT2D eigenvalue weighted by Gasteiger charge is 2.09. The molecule has 3 aromatic rings. The predicted molar refractivity (Wildman–Crippen MR) is 89.5 cm³/mol. The lowest BCUT2D eigenvalue weighted by Crippen LogP contribution is -2.01. The van der Waals surface area contributed by atoms with Crippen LogP contribution in [-0.2, 0) is 0 Å². The van der Waals surface area contributed by atoms with E-state index in [1.54, 1.807) is 0 Å². The molecule has 0 aliphatic carbocycles. The van der Waals surface area contributed by atoms with Crippen LogP contribution >= 0.6 is 15.9 Å². The molecule has 0 aromatic heterocycles. The second-order valence-corrected chi connectivity index (χ2v) is 5.70. The smallest absolute Gasteiger partial charge is 0.193 e. The molecule has 0 N–H and O–H groups in total. The maximum absolute atomic E-state index is 12.5. The van der Waals surface area contributed by atoms with E-state index >= 15 is 0 Å². The average molecular weight is 337 g/mol. The Morgan fingerprint density at radius 3 is 2.05 bits per heavy atom. The molecule has 0 fully saturated rings. The van der Waals surface area contributed by atoms with Gasteiger partial charge in [-0.15, -0.1) is 0 Å². The molecule has 1 nitrogen and oxygen atoms in total. The van der Waals surface area contributed by atoms with Crippen molar-refractivity contribution in [1.82, 2.24) is 0 Å². The van der Waals surface area contributed by atoms with Crippen molar-refractivity contribution in [2.75, 3.05) is 0 Å². The highest BCUT2D eigenvalue weighted by molar-refractivity contribution is 9.10. The van der Waals surface area contributed by atoms with Gasteiger partial charge in [-0.3, -0.25) is 4.79 Å². The van der Waals surface area contributed by atoms with Crippen molar-refractivity contribution in [1.29, 1.82) is 0 Å². The molecule has 0 aliphatic heterocycles. The van der Waals surface area contributed by atoms with Crippen molar-refractivity contribution in [2.45, 2.75) is 0 Å². The molecule has 0 unspecified atom stereocenters. The minimum atomic E-state index is 0.0419. The van der Waals surface area contributed by atoms with Crippen LogP contribution in [0.15, 0.2) is 83.3 Å². The Morgan fingerprint density at radius 1 is 0.667 bits per heavy atom. The molecule has 0 amide bonds. The highest BCUT2D eigenvalue weighted by atomic mass is 79.9. The van der Waals surface area contributed by atoms with E-state index in [1.807, 2.05) is 78.9 Å². The van der Waals surface area contributed by atoms with Gasteiger partial charge < -0.3 is 0 Å². The van der Waals surface area contributed by atoms with E-state index in [2.05, 4.69) is 15.9 Å². The molecule has 0 heterocycles. The zero-order valence-corrected chi connectivity index (χ0v) is 12.9. The van der Waals surface area contributed by atoms with Crippen LogP contribution in [0.3, 0.4) is 0 Å². The van der Waals surface area contributed by atoms with Crippen molar-refractivity contribution in [3.05, 3.63) is 94.5 Å². The van der Waals surface area contributed by atoms with Gasteiger partial charge in [0.25, 0.3) is 0 Å². The first-order valence-electron chi connectivity index (χ1n) is 6.70. The molecule has 0 radical (unpaired) electrons. The maximum Gasteiger partial charge on any atom is 0.193 e. The molecule has 102 valence electrons. The first kappa shape index (κ1) is 13.8. The molecular weight excluding hydrogens is 324 g/mol. The summed E-state index contributed by atoms with van der Waals surface area (Å²) in [6.45, 7) is 0. The molecule has 0 aliphatic rings. The van der Waals surface area contributed by atoms with Crippen LogP contribution in [0, 0.1) is 0 Å². The Hall–Kier alpha value is -2.19. The molecule has 0 spiro atoms. The Kier molecular flexibility index (Phi) is 3.98. The Labute approximate surface area is 132 Å². The second-order valence-electron chi connectivity index (χ2n) is 4.78. The van der Waals surface area contributed by atoms with E-state index in [1.165, 1.54) is 0 Å². The SMILES string of the molecule is O=C(c1ccc(Br)cc1)c1cccc(-c2ccccc2)c1. The summed E-state index contributed by atoms with van der Waals surface area (Å²) in [6.07, 6.45) is 0. The van der Waals surface area contributed by atoms with E-state index in [4.69, 9.17) is 0 Å². The molecular formula is C19H13BrO. The molecule has 3 aromatic carbocycles. The van der Waals surface area contributed by atoms with Crippen LogP contribution in [0.25, 0.3) is 11.1 Å². The summed E-state index contributed by atoms with van der Waals surface area (Å²) in [5, 5.41) is 0. The summed E-state index contributed by atoms with van der Waals surface area (Å²) in [4.78, 5) is 12.5. The van der Waals surface area contributed by atoms with E-state index in [-0.39, 0.29) is 5.78 Å². The summed E-state index contributed by atoms with van der Waals surface area (Å²) in [6, 6.07) is 25.3. The number of ketones is 1. The topological polar surface area (TPSA) is 17.1 Å². The van der Waals surface area contributed by atoms with Gasteiger partial charge in [-0.05, 0) is 41.5 Å². The third-order valence-electron chi connectivity index (χ3n) is 3.34. The number of carbonyl (C=O) groups is 1. The molecule has 2 heteroatoms. The fourth-order valence-electron chi connectivity index (χ4n) is 2.24. The molecule has 0 saturated heterocycles. The molecule has 0 bridgehead atoms. The summed E-state index contributed by atoms with van der Waals surface area (Å²) < 4.78 is 0.970. The fraction of sp³-hybridized carbons (Fsp3) is 0. The summed E-state index contributed by atoms with van der Waals surface area (Å²) in [5.74, 6) is 0.0419. The number of rotatable bonds is 3. The van der Waals surface area contributed by atoms with Gasteiger partial charge in [0, 0.05) is 15.6 Å². The van der Waals surface area contributed by atoms with E-state index in [0.717, 1.165) is 15.6 Å². The number of benzene rings is 3. The van der Waals surface area contributed by atoms with Gasteiger partial charge in [-0.2, -0.15) is 0 Å². The third-order valence-corrected chi connectivity index (χ3v) is 3.87. The molecule has 0 atom stereocenters. The van der Waals surface area contributed by atoms with Gasteiger partial charge in [0.1, 0.15) is 0 Å². The Bertz CT molecular complexity index is 761. The van der Waals surface area contributed by atoms with Crippen molar-refractivity contribution in [3.8, 4) is 11.1 Å². The summed E-state index contributed by atoms with van der Waals surface area (Å²) in [5.41, 5.74) is 3.57. The van der Waals surface area contributed by atoms with Crippen LogP contribution in [0.1, 0.15) is 15.9 Å². The van der Waals surface area contributed by atoms with Gasteiger partial charge in [-0.25, -0.2) is 0 Å². The van der Waals surface area contributed by atoms with E-state index in [9.17, 15) is 4.79 Å². The van der Waals surface area contributed by atoms with Crippen LogP contribution in [0.5, 0.6) is 0 Å². The first-order chi connectivity index (χ1) is 10.2. The third kappa shape index (κ3) is 3.11. The van der Waals surface area contributed by atoms with Crippen LogP contribution < -0.4 is 0 Å². The minimum absolute atomic E-state index is 0.0419. The maximum atomic E-state index is 12.5. The zero-order valence-electron chi connectivity index (χ0n) is 11.3. The summed E-state index contributed by atoms with van der Waals surface area (Å²) >= 11 is 3.38. The lowest BCUT2D eigenvalue weighted by atomic mass is 9.98. The first-order valence-corrected chi connectivity index (χ1v) is 7.49. The number of halogens is 1. The van der Waals surface area contributed by atoms with E-state index < -0.39 is 0 Å². The fourth-order valence-corrected chi connectivity index (χ4v) is 2.50. The number of carbonyl (C=O) groups excluding carboxylic acids is 1. The quantitative estimate of drug-likeness (QED) is 0.589. The Balaban J connectivity index is 1.96. The van der Waals surface area contributed by atoms with Gasteiger partial charge in [0.15, 0.2) is 5.78 Å². The van der Waals surface area contributed by atoms with Gasteiger partial charge >= 0.3 is 0 Å².